The molecule has 1 N–H and O–H groups in total. The van der Waals surface area contributed by atoms with Crippen molar-refractivity contribution < 1.29 is 23.8 Å². The zero-order chi connectivity index (χ0) is 16.3. The largest absolute Gasteiger partial charge is 0.464 e. The second-order valence-corrected chi connectivity index (χ2v) is 6.40. The molecule has 0 aliphatic carbocycles. The molecule has 2 heterocycles. The molecule has 1 amide bonds. The molecule has 0 saturated heterocycles. The van der Waals surface area contributed by atoms with Gasteiger partial charge in [-0.05, 0) is 26.8 Å². The molecule has 8 heteroatoms. The number of ether oxygens (including phenoxy) is 3. The van der Waals surface area contributed by atoms with Crippen LogP contribution in [0.1, 0.15) is 36.1 Å². The Labute approximate surface area is 132 Å². The Hall–Kier alpha value is -1.93. The first-order chi connectivity index (χ1) is 10.3. The quantitative estimate of drug-likeness (QED) is 0.857. The third-order valence-electron chi connectivity index (χ3n) is 2.70. The Morgan fingerprint density at radius 2 is 2.18 bits per heavy atom. The SMILES string of the molecule is COC(=O)c1ncsc1C1=CCOC1NC(=O)OC(C)(C)C. The number of rotatable bonds is 3. The summed E-state index contributed by atoms with van der Waals surface area (Å²) < 4.78 is 15.4. The summed E-state index contributed by atoms with van der Waals surface area (Å²) in [6.45, 7) is 5.65. The highest BCUT2D eigenvalue weighted by molar-refractivity contribution is 7.11. The molecule has 0 saturated carbocycles. The first-order valence-corrected chi connectivity index (χ1v) is 7.53. The monoisotopic (exact) mass is 326 g/mol. The third-order valence-corrected chi connectivity index (χ3v) is 3.58. The van der Waals surface area contributed by atoms with Gasteiger partial charge in [0.25, 0.3) is 0 Å². The number of alkyl carbamates (subject to hydrolysis) is 1. The van der Waals surface area contributed by atoms with Gasteiger partial charge in [-0.1, -0.05) is 0 Å². The Morgan fingerprint density at radius 3 is 2.82 bits per heavy atom. The van der Waals surface area contributed by atoms with Gasteiger partial charge >= 0.3 is 12.1 Å². The van der Waals surface area contributed by atoms with E-state index in [2.05, 4.69) is 10.3 Å². The Bertz CT molecular complexity index is 603. The topological polar surface area (TPSA) is 86.8 Å². The predicted octanol–water partition coefficient (Wildman–Crippen LogP) is 2.19. The van der Waals surface area contributed by atoms with Crippen LogP contribution in [0.25, 0.3) is 5.57 Å². The van der Waals surface area contributed by atoms with Gasteiger partial charge in [0.1, 0.15) is 5.60 Å². The molecule has 0 aromatic carbocycles. The number of nitrogens with one attached hydrogen (secondary N) is 1. The van der Waals surface area contributed by atoms with Crippen LogP contribution in [0.3, 0.4) is 0 Å². The second kappa shape index (κ2) is 6.45. The van der Waals surface area contributed by atoms with Gasteiger partial charge in [0.15, 0.2) is 11.9 Å². The van der Waals surface area contributed by atoms with Crippen molar-refractivity contribution in [2.75, 3.05) is 13.7 Å². The van der Waals surface area contributed by atoms with Gasteiger partial charge in [-0.15, -0.1) is 11.3 Å². The number of carbonyl (C=O) groups excluding carboxylic acids is 2. The van der Waals surface area contributed by atoms with Crippen molar-refractivity contribution >= 4 is 29.0 Å². The lowest BCUT2D eigenvalue weighted by molar-refractivity contribution is 0.0345. The van der Waals surface area contributed by atoms with Crippen LogP contribution in [0.4, 0.5) is 4.79 Å². The fourth-order valence-corrected chi connectivity index (χ4v) is 2.71. The first-order valence-electron chi connectivity index (χ1n) is 6.65. The van der Waals surface area contributed by atoms with E-state index in [0.29, 0.717) is 17.1 Å². The number of nitrogens with zero attached hydrogens (tertiary/aromatic N) is 1. The molecule has 1 atom stereocenters. The van der Waals surface area contributed by atoms with Crippen LogP contribution >= 0.6 is 11.3 Å². The van der Waals surface area contributed by atoms with Crippen LogP contribution in [0, 0.1) is 0 Å². The van der Waals surface area contributed by atoms with Crippen molar-refractivity contribution in [1.82, 2.24) is 10.3 Å². The average molecular weight is 326 g/mol. The van der Waals surface area contributed by atoms with Crippen LogP contribution < -0.4 is 5.32 Å². The summed E-state index contributed by atoms with van der Waals surface area (Å²) in [4.78, 5) is 28.2. The second-order valence-electron chi connectivity index (χ2n) is 5.54. The summed E-state index contributed by atoms with van der Waals surface area (Å²) in [6.07, 6.45) is 0.523. The first kappa shape index (κ1) is 16.4. The number of methoxy groups -OCH3 is 1. The smallest absolute Gasteiger partial charge is 0.409 e. The molecule has 0 spiro atoms. The van der Waals surface area contributed by atoms with Crippen LogP contribution in [0.5, 0.6) is 0 Å². The minimum atomic E-state index is -0.682. The van der Waals surface area contributed by atoms with E-state index in [1.807, 2.05) is 0 Å². The van der Waals surface area contributed by atoms with Crippen molar-refractivity contribution in [3.8, 4) is 0 Å². The number of esters is 1. The molecular weight excluding hydrogens is 308 g/mol. The van der Waals surface area contributed by atoms with E-state index >= 15 is 0 Å². The van der Waals surface area contributed by atoms with Gasteiger partial charge in [0, 0.05) is 5.57 Å². The minimum absolute atomic E-state index is 0.209. The summed E-state index contributed by atoms with van der Waals surface area (Å²) in [7, 11) is 1.29. The summed E-state index contributed by atoms with van der Waals surface area (Å²) in [5.41, 5.74) is 1.83. The molecule has 0 bridgehead atoms. The van der Waals surface area contributed by atoms with E-state index in [-0.39, 0.29) is 5.69 Å². The summed E-state index contributed by atoms with van der Waals surface area (Å²) in [5.74, 6) is -0.528. The lowest BCUT2D eigenvalue weighted by atomic mass is 10.1. The van der Waals surface area contributed by atoms with Gasteiger partial charge < -0.3 is 14.2 Å². The fraction of sp³-hybridized carbons (Fsp3) is 0.500. The highest BCUT2D eigenvalue weighted by Crippen LogP contribution is 2.30. The normalized spacial score (nSPS) is 17.8. The zero-order valence-electron chi connectivity index (χ0n) is 12.8. The zero-order valence-corrected chi connectivity index (χ0v) is 13.7. The molecule has 7 nitrogen and oxygen atoms in total. The Morgan fingerprint density at radius 1 is 1.45 bits per heavy atom. The maximum atomic E-state index is 11.9. The molecule has 1 aromatic heterocycles. The van der Waals surface area contributed by atoms with E-state index in [4.69, 9.17) is 14.2 Å². The number of hydrogen-bond acceptors (Lipinski definition) is 7. The highest BCUT2D eigenvalue weighted by atomic mass is 32.1. The van der Waals surface area contributed by atoms with Gasteiger partial charge in [-0.2, -0.15) is 0 Å². The van der Waals surface area contributed by atoms with Crippen molar-refractivity contribution in [1.29, 1.82) is 0 Å². The molecule has 0 fully saturated rings. The fourth-order valence-electron chi connectivity index (χ4n) is 1.87. The molecule has 1 aliphatic rings. The molecule has 1 aromatic rings. The summed E-state index contributed by atoms with van der Waals surface area (Å²) in [6, 6.07) is 0. The van der Waals surface area contributed by atoms with Crippen molar-refractivity contribution in [2.45, 2.75) is 32.6 Å². The third kappa shape index (κ3) is 3.83. The minimum Gasteiger partial charge on any atom is -0.464 e. The standard InChI is InChI=1S/C14H18N2O5S/c1-14(2,3)21-13(18)16-11-8(5-6-20-11)10-9(12(17)19-4)15-7-22-10/h5,7,11H,6H2,1-4H3,(H,16,18). The molecular formula is C14H18N2O5S. The molecule has 120 valence electrons. The number of carbonyl (C=O) groups is 2. The summed E-state index contributed by atoms with van der Waals surface area (Å²) >= 11 is 1.28. The van der Waals surface area contributed by atoms with E-state index in [9.17, 15) is 9.59 Å². The lowest BCUT2D eigenvalue weighted by Gasteiger charge is -2.22. The van der Waals surface area contributed by atoms with Gasteiger partial charge in [0.2, 0.25) is 0 Å². The van der Waals surface area contributed by atoms with Crippen LogP contribution in [0.15, 0.2) is 11.6 Å². The van der Waals surface area contributed by atoms with Crippen molar-refractivity contribution in [3.05, 3.63) is 22.2 Å². The predicted molar refractivity (Wildman–Crippen MR) is 80.5 cm³/mol. The van der Waals surface area contributed by atoms with E-state index in [1.165, 1.54) is 18.4 Å². The average Bonchev–Trinajstić information content (AvgIpc) is 3.03. The van der Waals surface area contributed by atoms with Gasteiger partial charge in [-0.25, -0.2) is 14.6 Å². The summed E-state index contributed by atoms with van der Waals surface area (Å²) in [5, 5.41) is 2.63. The molecule has 1 unspecified atom stereocenters. The van der Waals surface area contributed by atoms with Crippen molar-refractivity contribution in [2.24, 2.45) is 0 Å². The van der Waals surface area contributed by atoms with E-state index in [0.717, 1.165) is 0 Å². The van der Waals surface area contributed by atoms with E-state index in [1.54, 1.807) is 32.4 Å². The Balaban J connectivity index is 2.13. The number of amides is 1. The molecule has 0 radical (unpaired) electrons. The molecule has 2 rings (SSSR count). The maximum Gasteiger partial charge on any atom is 0.409 e. The van der Waals surface area contributed by atoms with Gasteiger partial charge in [0.05, 0.1) is 24.1 Å². The van der Waals surface area contributed by atoms with Crippen LogP contribution in [0.2, 0.25) is 0 Å². The molecule has 1 aliphatic heterocycles. The van der Waals surface area contributed by atoms with E-state index < -0.39 is 23.9 Å². The Kier molecular flexibility index (Phi) is 4.82. The lowest BCUT2D eigenvalue weighted by Crippen LogP contribution is -2.39. The van der Waals surface area contributed by atoms with Crippen molar-refractivity contribution in [3.63, 3.8) is 0 Å². The highest BCUT2D eigenvalue weighted by Gasteiger charge is 2.30. The van der Waals surface area contributed by atoms with Crippen LogP contribution in [-0.2, 0) is 14.2 Å². The maximum absolute atomic E-state index is 11.9. The van der Waals surface area contributed by atoms with Crippen LogP contribution in [-0.4, -0.2) is 42.6 Å². The number of thiazole rings is 1. The molecule has 22 heavy (non-hydrogen) atoms. The van der Waals surface area contributed by atoms with Gasteiger partial charge in [-0.3, -0.25) is 5.32 Å². The number of aromatic nitrogens is 1. The number of hydrogen-bond donors (Lipinski definition) is 1.